The van der Waals surface area contributed by atoms with Crippen LogP contribution in [0.5, 0.6) is 5.75 Å². The minimum atomic E-state index is -3.61. The molecule has 0 bridgehead atoms. The molecule has 0 fully saturated rings. The van der Waals surface area contributed by atoms with E-state index in [0.29, 0.717) is 5.02 Å². The second-order valence-electron chi connectivity index (χ2n) is 5.93. The molecule has 0 spiro atoms. The van der Waals surface area contributed by atoms with Gasteiger partial charge in [0.2, 0.25) is 10.0 Å². The molecule has 1 atom stereocenters. The van der Waals surface area contributed by atoms with Crippen LogP contribution >= 0.6 is 11.6 Å². The van der Waals surface area contributed by atoms with Crippen LogP contribution in [0.25, 0.3) is 6.08 Å². The molecule has 0 heterocycles. The van der Waals surface area contributed by atoms with Crippen LogP contribution in [0.15, 0.2) is 59.5 Å². The zero-order valence-corrected chi connectivity index (χ0v) is 16.8. The van der Waals surface area contributed by atoms with Gasteiger partial charge < -0.3 is 4.74 Å². The first-order valence-corrected chi connectivity index (χ1v) is 10.3. The molecule has 6 heteroatoms. The van der Waals surface area contributed by atoms with Crippen LogP contribution in [0, 0.1) is 0 Å². The lowest BCUT2D eigenvalue weighted by Crippen LogP contribution is -2.38. The van der Waals surface area contributed by atoms with Gasteiger partial charge in [0.1, 0.15) is 5.75 Å². The Morgan fingerprint density at radius 2 is 1.81 bits per heavy atom. The van der Waals surface area contributed by atoms with Crippen molar-refractivity contribution in [1.29, 1.82) is 0 Å². The third kappa shape index (κ3) is 4.87. The van der Waals surface area contributed by atoms with Gasteiger partial charge in [0.15, 0.2) is 0 Å². The van der Waals surface area contributed by atoms with E-state index in [-0.39, 0.29) is 17.5 Å². The molecule has 0 aliphatic rings. The molecule has 140 valence electrons. The van der Waals surface area contributed by atoms with Crippen molar-refractivity contribution in [1.82, 2.24) is 4.31 Å². The molecule has 0 radical (unpaired) electrons. The van der Waals surface area contributed by atoms with Crippen molar-refractivity contribution in [3.63, 3.8) is 0 Å². The number of halogens is 1. The normalized spacial score (nSPS) is 13.3. The predicted octanol–water partition coefficient (Wildman–Crippen LogP) is 4.85. The highest BCUT2D eigenvalue weighted by molar-refractivity contribution is 7.89. The average molecular weight is 394 g/mol. The van der Waals surface area contributed by atoms with Crippen molar-refractivity contribution in [2.24, 2.45) is 0 Å². The second kappa shape index (κ2) is 9.21. The number of nitrogens with zero attached hydrogens (tertiary/aromatic N) is 1. The van der Waals surface area contributed by atoms with E-state index in [0.717, 1.165) is 17.7 Å². The van der Waals surface area contributed by atoms with Crippen LogP contribution in [0.2, 0.25) is 5.02 Å². The van der Waals surface area contributed by atoms with Crippen molar-refractivity contribution in [2.75, 3.05) is 13.7 Å². The van der Waals surface area contributed by atoms with Crippen LogP contribution in [0.1, 0.15) is 25.8 Å². The quantitative estimate of drug-likeness (QED) is 0.643. The maximum absolute atomic E-state index is 13.0. The van der Waals surface area contributed by atoms with Gasteiger partial charge >= 0.3 is 0 Å². The Morgan fingerprint density at radius 1 is 1.15 bits per heavy atom. The van der Waals surface area contributed by atoms with Crippen LogP contribution < -0.4 is 4.74 Å². The Hall–Kier alpha value is -1.82. The summed E-state index contributed by atoms with van der Waals surface area (Å²) in [6, 6.07) is 13.7. The Bertz CT molecular complexity index is 848. The van der Waals surface area contributed by atoms with E-state index < -0.39 is 10.0 Å². The summed E-state index contributed by atoms with van der Waals surface area (Å²) in [7, 11) is -1.99. The lowest BCUT2D eigenvalue weighted by molar-refractivity contribution is 0.355. The Morgan fingerprint density at radius 3 is 2.42 bits per heavy atom. The third-order valence-electron chi connectivity index (χ3n) is 4.22. The van der Waals surface area contributed by atoms with E-state index in [1.807, 2.05) is 50.3 Å². The van der Waals surface area contributed by atoms with Crippen LogP contribution in [-0.4, -0.2) is 32.4 Å². The van der Waals surface area contributed by atoms with Crippen LogP contribution in [0.4, 0.5) is 0 Å². The minimum Gasteiger partial charge on any atom is -0.496 e. The molecule has 0 amide bonds. The van der Waals surface area contributed by atoms with E-state index in [2.05, 4.69) is 0 Å². The first kappa shape index (κ1) is 20.5. The number of sulfonamides is 1. The smallest absolute Gasteiger partial charge is 0.243 e. The van der Waals surface area contributed by atoms with E-state index in [4.69, 9.17) is 16.3 Å². The molecule has 2 aromatic carbocycles. The summed E-state index contributed by atoms with van der Waals surface area (Å²) in [5.41, 5.74) is 0.906. The van der Waals surface area contributed by atoms with E-state index in [1.54, 1.807) is 19.2 Å². The molecule has 0 aromatic heterocycles. The molecule has 0 aliphatic carbocycles. The Kier molecular flexibility index (Phi) is 7.26. The van der Waals surface area contributed by atoms with Gasteiger partial charge in [-0.05, 0) is 43.7 Å². The van der Waals surface area contributed by atoms with Gasteiger partial charge in [-0.2, -0.15) is 4.31 Å². The van der Waals surface area contributed by atoms with Crippen molar-refractivity contribution < 1.29 is 13.2 Å². The maximum Gasteiger partial charge on any atom is 0.243 e. The number of hydrogen-bond donors (Lipinski definition) is 0. The van der Waals surface area contributed by atoms with E-state index in [1.165, 1.54) is 16.4 Å². The topological polar surface area (TPSA) is 46.6 Å². The van der Waals surface area contributed by atoms with Gasteiger partial charge in [0, 0.05) is 23.2 Å². The highest BCUT2D eigenvalue weighted by atomic mass is 35.5. The van der Waals surface area contributed by atoms with E-state index >= 15 is 0 Å². The zero-order valence-electron chi connectivity index (χ0n) is 15.2. The third-order valence-corrected chi connectivity index (χ3v) is 6.47. The maximum atomic E-state index is 13.0. The molecule has 2 aromatic rings. The van der Waals surface area contributed by atoms with Crippen molar-refractivity contribution in [3.05, 3.63) is 65.2 Å². The average Bonchev–Trinajstić information content (AvgIpc) is 2.65. The van der Waals surface area contributed by atoms with Crippen molar-refractivity contribution >= 4 is 27.7 Å². The molecule has 0 N–H and O–H groups in total. The van der Waals surface area contributed by atoms with E-state index in [9.17, 15) is 8.42 Å². The standard InChI is InChI=1S/C20H24ClNO3S/c1-4-16(2)22(26(23,24)19-13-11-18(21)12-14-19)15-7-9-17-8-5-6-10-20(17)25-3/h5-14,16H,4,15H2,1-3H3/t16-/m1/s1. The van der Waals surface area contributed by atoms with Crippen LogP contribution in [-0.2, 0) is 10.0 Å². The zero-order chi connectivity index (χ0) is 19.2. The highest BCUT2D eigenvalue weighted by Gasteiger charge is 2.27. The molecular weight excluding hydrogens is 370 g/mol. The number of ether oxygens (including phenoxy) is 1. The lowest BCUT2D eigenvalue weighted by Gasteiger charge is -2.26. The summed E-state index contributed by atoms with van der Waals surface area (Å²) in [6.07, 6.45) is 4.44. The van der Waals surface area contributed by atoms with Crippen molar-refractivity contribution in [2.45, 2.75) is 31.2 Å². The summed E-state index contributed by atoms with van der Waals surface area (Å²) in [4.78, 5) is 0.243. The lowest BCUT2D eigenvalue weighted by atomic mass is 10.2. The van der Waals surface area contributed by atoms with Gasteiger partial charge in [-0.15, -0.1) is 0 Å². The summed E-state index contributed by atoms with van der Waals surface area (Å²) in [6.45, 7) is 4.15. The van der Waals surface area contributed by atoms with Gasteiger partial charge in [0.05, 0.1) is 12.0 Å². The molecule has 26 heavy (non-hydrogen) atoms. The predicted molar refractivity (Wildman–Crippen MR) is 107 cm³/mol. The van der Waals surface area contributed by atoms with Gasteiger partial charge in [0.25, 0.3) is 0 Å². The minimum absolute atomic E-state index is 0.127. The fourth-order valence-corrected chi connectivity index (χ4v) is 4.33. The van der Waals surface area contributed by atoms with Gasteiger partial charge in [-0.3, -0.25) is 0 Å². The fourth-order valence-electron chi connectivity index (χ4n) is 2.55. The highest BCUT2D eigenvalue weighted by Crippen LogP contribution is 2.23. The number of methoxy groups -OCH3 is 1. The van der Waals surface area contributed by atoms with Gasteiger partial charge in [-0.1, -0.05) is 48.9 Å². The summed E-state index contributed by atoms with van der Waals surface area (Å²) in [5.74, 6) is 0.749. The van der Waals surface area contributed by atoms with Crippen molar-refractivity contribution in [3.8, 4) is 5.75 Å². The summed E-state index contributed by atoms with van der Waals surface area (Å²) < 4.78 is 32.9. The molecule has 0 saturated heterocycles. The largest absolute Gasteiger partial charge is 0.496 e. The number of hydrogen-bond acceptors (Lipinski definition) is 3. The number of para-hydroxylation sites is 1. The molecule has 2 rings (SSSR count). The number of rotatable bonds is 8. The monoisotopic (exact) mass is 393 g/mol. The summed E-state index contributed by atoms with van der Waals surface area (Å²) in [5, 5.41) is 0.509. The fraction of sp³-hybridized carbons (Fsp3) is 0.300. The first-order valence-electron chi connectivity index (χ1n) is 8.47. The molecule has 0 aliphatic heterocycles. The molecule has 4 nitrogen and oxygen atoms in total. The first-order chi connectivity index (χ1) is 12.4. The Labute approximate surface area is 161 Å². The number of benzene rings is 2. The van der Waals surface area contributed by atoms with Crippen LogP contribution in [0.3, 0.4) is 0 Å². The molecule has 0 saturated carbocycles. The second-order valence-corrected chi connectivity index (χ2v) is 8.26. The Balaban J connectivity index is 2.27. The SMILES string of the molecule is CC[C@@H](C)N(CC=Cc1ccccc1OC)S(=O)(=O)c1ccc(Cl)cc1. The summed E-state index contributed by atoms with van der Waals surface area (Å²) >= 11 is 5.88. The van der Waals surface area contributed by atoms with Gasteiger partial charge in [-0.25, -0.2) is 8.42 Å². The molecular formula is C20H24ClNO3S. The molecule has 0 unspecified atom stereocenters.